The predicted molar refractivity (Wildman–Crippen MR) is 104 cm³/mol. The molecule has 3 aromatic rings. The number of carbonyl (C=O) groups is 1. The fourth-order valence-electron chi connectivity index (χ4n) is 3.76. The van der Waals surface area contributed by atoms with Gasteiger partial charge in [-0.05, 0) is 36.1 Å². The van der Waals surface area contributed by atoms with Crippen LogP contribution >= 0.6 is 0 Å². The van der Waals surface area contributed by atoms with E-state index in [-0.39, 0.29) is 11.9 Å². The molecule has 0 saturated carbocycles. The Morgan fingerprint density at radius 1 is 1.22 bits per heavy atom. The molecule has 138 valence electrons. The van der Waals surface area contributed by atoms with E-state index in [1.54, 1.807) is 7.11 Å². The molecule has 1 aromatic heterocycles. The quantitative estimate of drug-likeness (QED) is 0.742. The number of benzene rings is 2. The van der Waals surface area contributed by atoms with Crippen molar-refractivity contribution < 1.29 is 9.53 Å². The fourth-order valence-corrected chi connectivity index (χ4v) is 3.76. The molecule has 27 heavy (non-hydrogen) atoms. The number of nitrogens with one attached hydrogen (secondary N) is 1. The van der Waals surface area contributed by atoms with E-state index in [2.05, 4.69) is 10.2 Å². The molecule has 0 aliphatic carbocycles. The summed E-state index contributed by atoms with van der Waals surface area (Å²) < 4.78 is 5.34. The molecule has 4 rings (SSSR count). The van der Waals surface area contributed by atoms with Gasteiger partial charge in [-0.2, -0.15) is 5.10 Å². The van der Waals surface area contributed by atoms with Crippen molar-refractivity contribution in [3.63, 3.8) is 0 Å². The number of nitrogen functional groups attached to an aromatic ring is 1. The minimum Gasteiger partial charge on any atom is -0.497 e. The Balaban J connectivity index is 1.69. The maximum atomic E-state index is 13.4. The third kappa shape index (κ3) is 3.14. The van der Waals surface area contributed by atoms with Crippen molar-refractivity contribution in [2.75, 3.05) is 19.4 Å². The number of H-pyrrole nitrogens is 1. The fraction of sp³-hybridized carbons (Fsp3) is 0.238. The van der Waals surface area contributed by atoms with Crippen LogP contribution in [0.5, 0.6) is 5.75 Å². The Morgan fingerprint density at radius 3 is 2.81 bits per heavy atom. The summed E-state index contributed by atoms with van der Waals surface area (Å²) in [4.78, 5) is 15.3. The smallest absolute Gasteiger partial charge is 0.273 e. The number of hydrogen-bond donors (Lipinski definition) is 2. The molecule has 6 heteroatoms. The van der Waals surface area contributed by atoms with Crippen molar-refractivity contribution in [1.82, 2.24) is 15.1 Å². The van der Waals surface area contributed by atoms with Gasteiger partial charge in [0.25, 0.3) is 5.91 Å². The zero-order valence-corrected chi connectivity index (χ0v) is 15.2. The predicted octanol–water partition coefficient (Wildman–Crippen LogP) is 3.64. The number of likely N-dealkylation sites (tertiary alicyclic amines) is 1. The number of aromatic nitrogens is 2. The summed E-state index contributed by atoms with van der Waals surface area (Å²) in [5.41, 5.74) is 9.12. The Morgan fingerprint density at radius 2 is 2.04 bits per heavy atom. The maximum Gasteiger partial charge on any atom is 0.273 e. The van der Waals surface area contributed by atoms with Crippen molar-refractivity contribution in [2.45, 2.75) is 18.9 Å². The first kappa shape index (κ1) is 17.1. The lowest BCUT2D eigenvalue weighted by atomic mass is 10.0. The summed E-state index contributed by atoms with van der Waals surface area (Å²) in [7, 11) is 1.65. The third-order valence-corrected chi connectivity index (χ3v) is 5.06. The number of carbonyl (C=O) groups excluding carboxylic acids is 1. The topological polar surface area (TPSA) is 84.2 Å². The standard InChI is InChI=1S/C21H22N4O2/c1-27-16-10-5-9-15(13-16)17-11-6-12-25(17)21(26)19-18(20(22)24-23-19)14-7-3-2-4-8-14/h2-5,7-10,13,17H,6,11-12H2,1H3,(H3,22,23,24)/t17-/m0/s1. The normalized spacial score (nSPS) is 16.5. The Hall–Kier alpha value is -3.28. The highest BCUT2D eigenvalue weighted by atomic mass is 16.5. The number of aromatic amines is 1. The van der Waals surface area contributed by atoms with Gasteiger partial charge in [0.2, 0.25) is 0 Å². The molecule has 0 radical (unpaired) electrons. The van der Waals surface area contributed by atoms with Crippen LogP contribution in [-0.2, 0) is 0 Å². The molecule has 1 aliphatic heterocycles. The number of hydrogen-bond acceptors (Lipinski definition) is 4. The molecule has 2 aromatic carbocycles. The molecular weight excluding hydrogens is 340 g/mol. The second kappa shape index (κ2) is 7.15. The van der Waals surface area contributed by atoms with Crippen molar-refractivity contribution in [2.24, 2.45) is 0 Å². The van der Waals surface area contributed by atoms with Gasteiger partial charge in [-0.1, -0.05) is 42.5 Å². The lowest BCUT2D eigenvalue weighted by Crippen LogP contribution is -2.31. The van der Waals surface area contributed by atoms with Crippen molar-refractivity contribution in [3.8, 4) is 16.9 Å². The molecule has 0 unspecified atom stereocenters. The van der Waals surface area contributed by atoms with Gasteiger partial charge >= 0.3 is 0 Å². The molecule has 0 bridgehead atoms. The number of nitrogens with two attached hydrogens (primary N) is 1. The summed E-state index contributed by atoms with van der Waals surface area (Å²) in [6.07, 6.45) is 1.88. The highest BCUT2D eigenvalue weighted by Gasteiger charge is 2.33. The number of ether oxygens (including phenoxy) is 1. The molecule has 3 N–H and O–H groups in total. The molecule has 1 fully saturated rings. The molecule has 6 nitrogen and oxygen atoms in total. The summed E-state index contributed by atoms with van der Waals surface area (Å²) in [5.74, 6) is 1.05. The Kier molecular flexibility index (Phi) is 4.54. The summed E-state index contributed by atoms with van der Waals surface area (Å²) in [6.45, 7) is 0.702. The van der Waals surface area contributed by atoms with Gasteiger partial charge in [0.1, 0.15) is 11.4 Å². The second-order valence-corrected chi connectivity index (χ2v) is 6.66. The highest BCUT2D eigenvalue weighted by Crippen LogP contribution is 2.36. The molecule has 1 saturated heterocycles. The van der Waals surface area contributed by atoms with Crippen molar-refractivity contribution >= 4 is 11.7 Å². The first-order valence-electron chi connectivity index (χ1n) is 9.03. The largest absolute Gasteiger partial charge is 0.497 e. The van der Waals surface area contributed by atoms with Crippen LogP contribution in [0.15, 0.2) is 54.6 Å². The zero-order valence-electron chi connectivity index (χ0n) is 15.2. The molecule has 2 heterocycles. The van der Waals surface area contributed by atoms with Gasteiger partial charge in [0, 0.05) is 6.54 Å². The van der Waals surface area contributed by atoms with E-state index < -0.39 is 0 Å². The van der Waals surface area contributed by atoms with Gasteiger partial charge in [-0.15, -0.1) is 0 Å². The van der Waals surface area contributed by atoms with E-state index in [9.17, 15) is 4.79 Å². The van der Waals surface area contributed by atoms with Gasteiger partial charge in [-0.3, -0.25) is 9.89 Å². The maximum absolute atomic E-state index is 13.4. The van der Waals surface area contributed by atoms with E-state index in [4.69, 9.17) is 10.5 Å². The molecule has 0 spiro atoms. The van der Waals surface area contributed by atoms with Gasteiger partial charge in [-0.25, -0.2) is 0 Å². The van der Waals surface area contributed by atoms with Gasteiger partial charge < -0.3 is 15.4 Å². The van der Waals surface area contributed by atoms with E-state index >= 15 is 0 Å². The van der Waals surface area contributed by atoms with Crippen LogP contribution in [0.25, 0.3) is 11.1 Å². The average Bonchev–Trinajstić information content (AvgIpc) is 3.35. The first-order valence-corrected chi connectivity index (χ1v) is 9.03. The lowest BCUT2D eigenvalue weighted by molar-refractivity contribution is 0.0730. The molecule has 1 amide bonds. The van der Waals surface area contributed by atoms with Gasteiger partial charge in [0.15, 0.2) is 5.82 Å². The van der Waals surface area contributed by atoms with Crippen LogP contribution in [0.4, 0.5) is 5.82 Å². The highest BCUT2D eigenvalue weighted by molar-refractivity contribution is 6.01. The molecule has 1 aliphatic rings. The van der Waals surface area contributed by atoms with E-state index in [1.165, 1.54) is 0 Å². The lowest BCUT2D eigenvalue weighted by Gasteiger charge is -2.25. The van der Waals surface area contributed by atoms with E-state index in [0.29, 0.717) is 23.6 Å². The molecular formula is C21H22N4O2. The monoisotopic (exact) mass is 362 g/mol. The summed E-state index contributed by atoms with van der Waals surface area (Å²) >= 11 is 0. The minimum atomic E-state index is -0.0802. The number of anilines is 1. The SMILES string of the molecule is COc1cccc([C@@H]2CCCN2C(=O)c2[nH]nc(N)c2-c2ccccc2)c1. The third-order valence-electron chi connectivity index (χ3n) is 5.06. The summed E-state index contributed by atoms with van der Waals surface area (Å²) in [6, 6.07) is 17.6. The van der Waals surface area contributed by atoms with Crippen LogP contribution in [0.2, 0.25) is 0 Å². The number of nitrogens with zero attached hydrogens (tertiary/aromatic N) is 2. The van der Waals surface area contributed by atoms with Gasteiger partial charge in [0.05, 0.1) is 18.7 Å². The minimum absolute atomic E-state index is 0.0146. The van der Waals surface area contributed by atoms with Crippen LogP contribution in [0, 0.1) is 0 Å². The Bertz CT molecular complexity index is 952. The zero-order chi connectivity index (χ0) is 18.8. The number of amides is 1. The first-order chi connectivity index (χ1) is 13.2. The second-order valence-electron chi connectivity index (χ2n) is 6.66. The van der Waals surface area contributed by atoms with E-state index in [0.717, 1.165) is 29.7 Å². The summed E-state index contributed by atoms with van der Waals surface area (Å²) in [5, 5.41) is 6.95. The van der Waals surface area contributed by atoms with Crippen LogP contribution in [0.3, 0.4) is 0 Å². The Labute approximate surface area is 158 Å². The van der Waals surface area contributed by atoms with Crippen LogP contribution in [-0.4, -0.2) is 34.7 Å². The van der Waals surface area contributed by atoms with Crippen LogP contribution < -0.4 is 10.5 Å². The average molecular weight is 362 g/mol. The number of rotatable bonds is 4. The molecule has 1 atom stereocenters. The number of methoxy groups -OCH3 is 1. The van der Waals surface area contributed by atoms with Crippen molar-refractivity contribution in [3.05, 3.63) is 65.9 Å². The van der Waals surface area contributed by atoms with Crippen LogP contribution in [0.1, 0.15) is 34.9 Å². The van der Waals surface area contributed by atoms with Crippen molar-refractivity contribution in [1.29, 1.82) is 0 Å². The van der Waals surface area contributed by atoms with E-state index in [1.807, 2.05) is 59.5 Å².